The number of rotatable bonds is 2. The summed E-state index contributed by atoms with van der Waals surface area (Å²) in [5.74, 6) is 1.36. The molecule has 0 spiro atoms. The maximum Gasteiger partial charge on any atom is 0.221 e. The molecule has 0 aliphatic heterocycles. The number of hydrogen-bond acceptors (Lipinski definition) is 3. The summed E-state index contributed by atoms with van der Waals surface area (Å²) < 4.78 is 0. The summed E-state index contributed by atoms with van der Waals surface area (Å²) in [4.78, 5) is 15.0. The number of benzene rings is 1. The molecule has 5 heteroatoms. The molecular formula is C11H12N4O. The molecule has 0 fully saturated rings. The molecular weight excluding hydrogens is 204 g/mol. The Kier molecular flexibility index (Phi) is 2.68. The molecule has 0 radical (unpaired) electrons. The van der Waals surface area contributed by atoms with Crippen LogP contribution in [0.3, 0.4) is 0 Å². The normalized spacial score (nSPS) is 10.1. The first-order chi connectivity index (χ1) is 7.65. The Morgan fingerprint density at radius 2 is 2.00 bits per heavy atom. The molecule has 1 amide bonds. The van der Waals surface area contributed by atoms with Crippen molar-refractivity contribution in [2.75, 3.05) is 5.32 Å². The van der Waals surface area contributed by atoms with E-state index in [-0.39, 0.29) is 5.91 Å². The van der Waals surface area contributed by atoms with Crippen LogP contribution in [-0.2, 0) is 4.79 Å². The minimum atomic E-state index is -0.0820. The Morgan fingerprint density at radius 1 is 1.31 bits per heavy atom. The fourth-order valence-electron chi connectivity index (χ4n) is 1.38. The van der Waals surface area contributed by atoms with Crippen molar-refractivity contribution in [3.63, 3.8) is 0 Å². The zero-order valence-corrected chi connectivity index (χ0v) is 9.11. The third-order valence-corrected chi connectivity index (χ3v) is 2.06. The molecule has 82 valence electrons. The summed E-state index contributed by atoms with van der Waals surface area (Å²) in [6.45, 7) is 3.33. The van der Waals surface area contributed by atoms with E-state index in [0.717, 1.165) is 17.1 Å². The maximum atomic E-state index is 10.8. The first kappa shape index (κ1) is 10.4. The minimum Gasteiger partial charge on any atom is -0.326 e. The Bertz CT molecular complexity index is 501. The molecule has 0 atom stereocenters. The number of aryl methyl sites for hydroxylation is 1. The van der Waals surface area contributed by atoms with Crippen LogP contribution in [0.5, 0.6) is 0 Å². The zero-order valence-electron chi connectivity index (χ0n) is 9.11. The van der Waals surface area contributed by atoms with Gasteiger partial charge in [0.2, 0.25) is 5.91 Å². The van der Waals surface area contributed by atoms with Crippen molar-refractivity contribution >= 4 is 11.6 Å². The van der Waals surface area contributed by atoms with Crippen molar-refractivity contribution in [1.29, 1.82) is 0 Å². The van der Waals surface area contributed by atoms with E-state index in [2.05, 4.69) is 20.5 Å². The van der Waals surface area contributed by atoms with Crippen LogP contribution >= 0.6 is 0 Å². The average Bonchev–Trinajstić information content (AvgIpc) is 2.65. The van der Waals surface area contributed by atoms with Crippen molar-refractivity contribution < 1.29 is 4.79 Å². The Morgan fingerprint density at radius 3 is 2.50 bits per heavy atom. The molecule has 0 unspecified atom stereocenters. The summed E-state index contributed by atoms with van der Waals surface area (Å²) in [7, 11) is 0. The van der Waals surface area contributed by atoms with Gasteiger partial charge in [0.1, 0.15) is 5.82 Å². The van der Waals surface area contributed by atoms with E-state index in [9.17, 15) is 4.79 Å². The van der Waals surface area contributed by atoms with Crippen LogP contribution in [0, 0.1) is 6.92 Å². The molecule has 2 rings (SSSR count). The second-order valence-electron chi connectivity index (χ2n) is 3.50. The number of nitrogens with one attached hydrogen (secondary N) is 2. The van der Waals surface area contributed by atoms with E-state index in [0.29, 0.717) is 5.82 Å². The van der Waals surface area contributed by atoms with Gasteiger partial charge in [-0.25, -0.2) is 4.98 Å². The molecule has 0 saturated carbocycles. The summed E-state index contributed by atoms with van der Waals surface area (Å²) in [5, 5.41) is 9.54. The van der Waals surface area contributed by atoms with Gasteiger partial charge in [-0.15, -0.1) is 0 Å². The van der Waals surface area contributed by atoms with Crippen LogP contribution in [0.2, 0.25) is 0 Å². The standard InChI is InChI=1S/C11H12N4O/c1-7-12-11(15-14-7)9-3-5-10(6-4-9)13-8(2)16/h3-6H,1-2H3,(H,13,16)(H,12,14,15). The SMILES string of the molecule is CC(=O)Nc1ccc(-c2n[nH]c(C)n2)cc1. The van der Waals surface area contributed by atoms with Gasteiger partial charge in [-0.1, -0.05) is 0 Å². The molecule has 0 aliphatic rings. The number of nitrogens with zero attached hydrogens (tertiary/aromatic N) is 2. The molecule has 0 bridgehead atoms. The summed E-state index contributed by atoms with van der Waals surface area (Å²) in [6.07, 6.45) is 0. The predicted octanol–water partition coefficient (Wildman–Crippen LogP) is 1.74. The Labute approximate surface area is 92.9 Å². The predicted molar refractivity (Wildman–Crippen MR) is 60.9 cm³/mol. The number of carbonyl (C=O) groups excluding carboxylic acids is 1. The highest BCUT2D eigenvalue weighted by Crippen LogP contribution is 2.17. The Hall–Kier alpha value is -2.17. The number of hydrogen-bond donors (Lipinski definition) is 2. The number of carbonyl (C=O) groups is 1. The number of amides is 1. The van der Waals surface area contributed by atoms with Crippen LogP contribution in [-0.4, -0.2) is 21.1 Å². The van der Waals surface area contributed by atoms with Gasteiger partial charge in [0, 0.05) is 18.2 Å². The lowest BCUT2D eigenvalue weighted by atomic mass is 10.2. The van der Waals surface area contributed by atoms with Crippen molar-refractivity contribution in [2.45, 2.75) is 13.8 Å². The molecule has 1 aromatic heterocycles. The second kappa shape index (κ2) is 4.14. The van der Waals surface area contributed by atoms with Gasteiger partial charge >= 0.3 is 0 Å². The van der Waals surface area contributed by atoms with E-state index in [1.54, 1.807) is 0 Å². The lowest BCUT2D eigenvalue weighted by Crippen LogP contribution is -2.05. The fraction of sp³-hybridized carbons (Fsp3) is 0.182. The van der Waals surface area contributed by atoms with E-state index in [1.165, 1.54) is 6.92 Å². The first-order valence-electron chi connectivity index (χ1n) is 4.92. The third-order valence-electron chi connectivity index (χ3n) is 2.06. The van der Waals surface area contributed by atoms with Crippen LogP contribution in [0.1, 0.15) is 12.7 Å². The summed E-state index contributed by atoms with van der Waals surface area (Å²) in [5.41, 5.74) is 1.68. The summed E-state index contributed by atoms with van der Waals surface area (Å²) >= 11 is 0. The average molecular weight is 216 g/mol. The highest BCUT2D eigenvalue weighted by Gasteiger charge is 2.03. The number of aromatic amines is 1. The van der Waals surface area contributed by atoms with Gasteiger partial charge in [0.25, 0.3) is 0 Å². The van der Waals surface area contributed by atoms with Crippen molar-refractivity contribution in [2.24, 2.45) is 0 Å². The van der Waals surface area contributed by atoms with Crippen molar-refractivity contribution in [1.82, 2.24) is 15.2 Å². The monoisotopic (exact) mass is 216 g/mol. The van der Waals surface area contributed by atoms with Gasteiger partial charge in [0.15, 0.2) is 5.82 Å². The lowest BCUT2D eigenvalue weighted by Gasteiger charge is -2.01. The number of H-pyrrole nitrogens is 1. The van der Waals surface area contributed by atoms with E-state index >= 15 is 0 Å². The highest BCUT2D eigenvalue weighted by atomic mass is 16.1. The van der Waals surface area contributed by atoms with Crippen LogP contribution in [0.25, 0.3) is 11.4 Å². The van der Waals surface area contributed by atoms with Crippen LogP contribution in [0.4, 0.5) is 5.69 Å². The molecule has 2 aromatic rings. The number of anilines is 1. The molecule has 16 heavy (non-hydrogen) atoms. The third kappa shape index (κ3) is 2.25. The zero-order chi connectivity index (χ0) is 11.5. The molecule has 1 heterocycles. The molecule has 0 aliphatic carbocycles. The van der Waals surface area contributed by atoms with Crippen LogP contribution < -0.4 is 5.32 Å². The number of aromatic nitrogens is 3. The van der Waals surface area contributed by atoms with Gasteiger partial charge in [-0.05, 0) is 31.2 Å². The molecule has 2 N–H and O–H groups in total. The molecule has 1 aromatic carbocycles. The minimum absolute atomic E-state index is 0.0820. The fourth-order valence-corrected chi connectivity index (χ4v) is 1.38. The van der Waals surface area contributed by atoms with Crippen molar-refractivity contribution in [3.8, 4) is 11.4 Å². The van der Waals surface area contributed by atoms with Gasteiger partial charge in [-0.2, -0.15) is 5.10 Å². The van der Waals surface area contributed by atoms with Gasteiger partial charge in [-0.3, -0.25) is 9.89 Å². The van der Waals surface area contributed by atoms with Gasteiger partial charge in [0.05, 0.1) is 0 Å². The molecule has 0 saturated heterocycles. The van der Waals surface area contributed by atoms with E-state index in [1.807, 2.05) is 31.2 Å². The smallest absolute Gasteiger partial charge is 0.221 e. The second-order valence-corrected chi connectivity index (χ2v) is 3.50. The molecule has 5 nitrogen and oxygen atoms in total. The topological polar surface area (TPSA) is 70.7 Å². The maximum absolute atomic E-state index is 10.8. The van der Waals surface area contributed by atoms with E-state index in [4.69, 9.17) is 0 Å². The lowest BCUT2D eigenvalue weighted by molar-refractivity contribution is -0.114. The van der Waals surface area contributed by atoms with Crippen molar-refractivity contribution in [3.05, 3.63) is 30.1 Å². The quantitative estimate of drug-likeness (QED) is 0.803. The summed E-state index contributed by atoms with van der Waals surface area (Å²) in [6, 6.07) is 7.38. The first-order valence-corrected chi connectivity index (χ1v) is 4.92. The van der Waals surface area contributed by atoms with Gasteiger partial charge < -0.3 is 5.32 Å². The largest absolute Gasteiger partial charge is 0.326 e. The highest BCUT2D eigenvalue weighted by molar-refractivity contribution is 5.88. The van der Waals surface area contributed by atoms with Crippen LogP contribution in [0.15, 0.2) is 24.3 Å². The Balaban J connectivity index is 2.22. The van der Waals surface area contributed by atoms with E-state index < -0.39 is 0 Å².